The summed E-state index contributed by atoms with van der Waals surface area (Å²) in [6, 6.07) is 7.74. The Morgan fingerprint density at radius 1 is 1.07 bits per heavy atom. The normalized spacial score (nSPS) is 10.0. The van der Waals surface area contributed by atoms with Crippen molar-refractivity contribution in [2.24, 2.45) is 0 Å². The van der Waals surface area contributed by atoms with Crippen LogP contribution in [0.15, 0.2) is 41.3 Å². The molecule has 76 valence electrons. The summed E-state index contributed by atoms with van der Waals surface area (Å²) in [5.74, 6) is 1.24. The van der Waals surface area contributed by atoms with E-state index in [1.54, 1.807) is 12.4 Å². The van der Waals surface area contributed by atoms with Crippen molar-refractivity contribution >= 4 is 38.5 Å². The Kier molecular flexibility index (Phi) is 3.53. The third-order valence-corrected chi connectivity index (χ3v) is 2.76. The molecule has 0 aliphatic heterocycles. The molecule has 0 bridgehead atoms. The van der Waals surface area contributed by atoms with Gasteiger partial charge in [0.25, 0.3) is 0 Å². The predicted molar refractivity (Wildman–Crippen MR) is 69.0 cm³/mol. The van der Waals surface area contributed by atoms with Crippen LogP contribution < -0.4 is 4.74 Å². The zero-order chi connectivity index (χ0) is 10.7. The van der Waals surface area contributed by atoms with Gasteiger partial charge in [-0.3, -0.25) is 0 Å². The van der Waals surface area contributed by atoms with Crippen LogP contribution in [0.4, 0.5) is 0 Å². The van der Waals surface area contributed by atoms with Crippen LogP contribution in [0.2, 0.25) is 0 Å². The topological polar surface area (TPSA) is 35.0 Å². The van der Waals surface area contributed by atoms with Gasteiger partial charge >= 0.3 is 0 Å². The lowest BCUT2D eigenvalue weighted by atomic mass is 10.3. The Morgan fingerprint density at radius 3 is 2.40 bits per heavy atom. The molecule has 0 aliphatic rings. The highest BCUT2D eigenvalue weighted by atomic mass is 127. The van der Waals surface area contributed by atoms with Crippen LogP contribution in [0, 0.1) is 3.57 Å². The van der Waals surface area contributed by atoms with Crippen molar-refractivity contribution in [3.8, 4) is 11.6 Å². The fourth-order valence-electron chi connectivity index (χ4n) is 0.977. The van der Waals surface area contributed by atoms with Crippen LogP contribution >= 0.6 is 38.5 Å². The van der Waals surface area contributed by atoms with Crippen molar-refractivity contribution in [3.05, 3.63) is 44.8 Å². The molecular formula is C10H6BrIN2O. The van der Waals surface area contributed by atoms with E-state index in [4.69, 9.17) is 4.74 Å². The molecule has 0 saturated carbocycles. The average molecular weight is 377 g/mol. The number of hydrogen-bond donors (Lipinski definition) is 0. The van der Waals surface area contributed by atoms with Crippen molar-refractivity contribution in [2.75, 3.05) is 0 Å². The first-order chi connectivity index (χ1) is 7.24. The summed E-state index contributed by atoms with van der Waals surface area (Å²) in [7, 11) is 0. The molecule has 1 aromatic heterocycles. The average Bonchev–Trinajstić information content (AvgIpc) is 2.25. The van der Waals surface area contributed by atoms with E-state index in [-0.39, 0.29) is 0 Å². The van der Waals surface area contributed by atoms with Gasteiger partial charge in [0, 0.05) is 3.57 Å². The quantitative estimate of drug-likeness (QED) is 0.750. The molecule has 0 unspecified atom stereocenters. The number of halogens is 2. The molecule has 0 fully saturated rings. The number of hydrogen-bond acceptors (Lipinski definition) is 3. The van der Waals surface area contributed by atoms with Crippen LogP contribution in [0.3, 0.4) is 0 Å². The smallest absolute Gasteiger partial charge is 0.237 e. The summed E-state index contributed by atoms with van der Waals surface area (Å²) in [6.45, 7) is 0. The Hall–Kier alpha value is -0.690. The minimum atomic E-state index is 0.486. The maximum atomic E-state index is 5.49. The lowest BCUT2D eigenvalue weighted by molar-refractivity contribution is 0.459. The minimum Gasteiger partial charge on any atom is -0.438 e. The van der Waals surface area contributed by atoms with Crippen LogP contribution in [-0.4, -0.2) is 9.97 Å². The molecule has 1 heterocycles. The summed E-state index contributed by atoms with van der Waals surface area (Å²) in [5.41, 5.74) is 0. The zero-order valence-corrected chi connectivity index (χ0v) is 11.3. The molecule has 3 nitrogen and oxygen atoms in total. The monoisotopic (exact) mass is 376 g/mol. The molecule has 0 aliphatic carbocycles. The van der Waals surface area contributed by atoms with E-state index >= 15 is 0 Å². The van der Waals surface area contributed by atoms with E-state index in [0.29, 0.717) is 10.5 Å². The molecule has 0 amide bonds. The minimum absolute atomic E-state index is 0.486. The van der Waals surface area contributed by atoms with Gasteiger partial charge in [0.05, 0.1) is 12.4 Å². The van der Waals surface area contributed by atoms with Crippen LogP contribution in [0.25, 0.3) is 0 Å². The molecule has 2 aromatic rings. The van der Waals surface area contributed by atoms with Gasteiger partial charge in [-0.15, -0.1) is 0 Å². The largest absolute Gasteiger partial charge is 0.438 e. The number of nitrogens with zero attached hydrogens (tertiary/aromatic N) is 2. The van der Waals surface area contributed by atoms with Crippen molar-refractivity contribution < 1.29 is 4.74 Å². The first-order valence-electron chi connectivity index (χ1n) is 4.15. The lowest BCUT2D eigenvalue weighted by Crippen LogP contribution is -1.88. The van der Waals surface area contributed by atoms with E-state index in [2.05, 4.69) is 48.5 Å². The summed E-state index contributed by atoms with van der Waals surface area (Å²) < 4.78 is 7.35. The summed E-state index contributed by atoms with van der Waals surface area (Å²) in [5, 5.41) is 0. The third-order valence-electron chi connectivity index (χ3n) is 1.63. The van der Waals surface area contributed by atoms with Gasteiger partial charge in [-0.05, 0) is 62.8 Å². The molecule has 0 saturated heterocycles. The second-order valence-corrected chi connectivity index (χ2v) is 4.79. The molecule has 1 aromatic carbocycles. The van der Waals surface area contributed by atoms with Gasteiger partial charge in [0.1, 0.15) is 10.4 Å². The van der Waals surface area contributed by atoms with Crippen LogP contribution in [0.5, 0.6) is 11.6 Å². The number of ether oxygens (including phenoxy) is 1. The van der Waals surface area contributed by atoms with Crippen molar-refractivity contribution in [1.82, 2.24) is 9.97 Å². The first-order valence-corrected chi connectivity index (χ1v) is 6.02. The Balaban J connectivity index is 2.15. The molecule has 2 rings (SSSR count). The molecule has 0 radical (unpaired) electrons. The van der Waals surface area contributed by atoms with E-state index < -0.39 is 0 Å². The number of rotatable bonds is 2. The predicted octanol–water partition coefficient (Wildman–Crippen LogP) is 3.64. The van der Waals surface area contributed by atoms with Gasteiger partial charge in [0.2, 0.25) is 5.88 Å². The fraction of sp³-hybridized carbons (Fsp3) is 0. The van der Waals surface area contributed by atoms with Crippen molar-refractivity contribution in [3.63, 3.8) is 0 Å². The van der Waals surface area contributed by atoms with E-state index in [9.17, 15) is 0 Å². The second-order valence-electron chi connectivity index (χ2n) is 2.73. The van der Waals surface area contributed by atoms with Crippen LogP contribution in [0.1, 0.15) is 0 Å². The molecule has 0 atom stereocenters. The number of benzene rings is 1. The highest BCUT2D eigenvalue weighted by Crippen LogP contribution is 2.20. The molecule has 0 N–H and O–H groups in total. The van der Waals surface area contributed by atoms with Crippen LogP contribution in [-0.2, 0) is 0 Å². The van der Waals surface area contributed by atoms with Gasteiger partial charge < -0.3 is 4.74 Å². The molecule has 5 heteroatoms. The van der Waals surface area contributed by atoms with E-state index in [1.165, 1.54) is 3.57 Å². The highest BCUT2D eigenvalue weighted by Gasteiger charge is 1.98. The maximum Gasteiger partial charge on any atom is 0.237 e. The Labute approximate surface area is 109 Å². The van der Waals surface area contributed by atoms with Gasteiger partial charge in [-0.2, -0.15) is 0 Å². The molecule has 0 spiro atoms. The maximum absolute atomic E-state index is 5.49. The standard InChI is InChI=1S/C10H6BrIN2O/c11-9-5-14-10(6-13-9)15-8-3-1-7(12)2-4-8/h1-6H. The SMILES string of the molecule is Brc1cnc(Oc2ccc(I)cc2)cn1. The van der Waals surface area contributed by atoms with Crippen molar-refractivity contribution in [2.45, 2.75) is 0 Å². The summed E-state index contributed by atoms with van der Waals surface area (Å²) in [6.07, 6.45) is 3.17. The second kappa shape index (κ2) is 4.89. The van der Waals surface area contributed by atoms with E-state index in [1.807, 2.05) is 24.3 Å². The third kappa shape index (κ3) is 3.13. The summed E-state index contributed by atoms with van der Waals surface area (Å²) in [4.78, 5) is 8.08. The zero-order valence-electron chi connectivity index (χ0n) is 7.52. The van der Waals surface area contributed by atoms with E-state index in [0.717, 1.165) is 5.75 Å². The molecule has 15 heavy (non-hydrogen) atoms. The first kappa shape index (κ1) is 10.8. The Bertz CT molecular complexity index is 400. The van der Waals surface area contributed by atoms with Gasteiger partial charge in [0.15, 0.2) is 0 Å². The molecular weight excluding hydrogens is 371 g/mol. The van der Waals surface area contributed by atoms with Gasteiger partial charge in [-0.25, -0.2) is 9.97 Å². The fourth-order valence-corrected chi connectivity index (χ4v) is 1.54. The van der Waals surface area contributed by atoms with Crippen molar-refractivity contribution in [1.29, 1.82) is 0 Å². The lowest BCUT2D eigenvalue weighted by Gasteiger charge is -2.03. The summed E-state index contributed by atoms with van der Waals surface area (Å²) >= 11 is 5.45. The number of aromatic nitrogens is 2. The van der Waals surface area contributed by atoms with Gasteiger partial charge in [-0.1, -0.05) is 0 Å². The Morgan fingerprint density at radius 2 is 1.80 bits per heavy atom. The highest BCUT2D eigenvalue weighted by molar-refractivity contribution is 14.1.